The molecule has 1 rings (SSSR count). The summed E-state index contributed by atoms with van der Waals surface area (Å²) in [6.45, 7) is 2.48. The Balaban J connectivity index is 2.25. The van der Waals surface area contributed by atoms with Crippen molar-refractivity contribution in [2.75, 3.05) is 6.54 Å². The number of rotatable bonds is 9. The van der Waals surface area contributed by atoms with Crippen LogP contribution >= 0.6 is 0 Å². The number of hydrogen-bond acceptors (Lipinski definition) is 3. The molecule has 0 aliphatic rings. The number of alkyl halides is 3. The van der Waals surface area contributed by atoms with Crippen molar-refractivity contribution in [1.82, 2.24) is 5.32 Å². The Kier molecular flexibility index (Phi) is 6.74. The van der Waals surface area contributed by atoms with E-state index in [-0.39, 0.29) is 18.6 Å². The van der Waals surface area contributed by atoms with E-state index in [1.807, 2.05) is 0 Å². The molecule has 4 nitrogen and oxygen atoms in total. The van der Waals surface area contributed by atoms with Gasteiger partial charge in [-0.2, -0.15) is 13.2 Å². The van der Waals surface area contributed by atoms with Gasteiger partial charge in [0.05, 0.1) is 12.5 Å². The third-order valence-corrected chi connectivity index (χ3v) is 3.18. The highest BCUT2D eigenvalue weighted by Crippen LogP contribution is 2.33. The molecule has 0 bridgehead atoms. The number of carboxylic acid groups (broad SMARTS) is 1. The third-order valence-electron chi connectivity index (χ3n) is 3.18. The van der Waals surface area contributed by atoms with Gasteiger partial charge in [-0.3, -0.25) is 0 Å². The van der Waals surface area contributed by atoms with Gasteiger partial charge in [-0.15, -0.1) is 0 Å². The van der Waals surface area contributed by atoms with Gasteiger partial charge in [0.1, 0.15) is 5.76 Å². The van der Waals surface area contributed by atoms with Crippen LogP contribution in [0.4, 0.5) is 13.2 Å². The zero-order valence-electron chi connectivity index (χ0n) is 11.9. The summed E-state index contributed by atoms with van der Waals surface area (Å²) in [5.74, 6) is -2.08. The number of aromatic carboxylic acids is 1. The zero-order chi connectivity index (χ0) is 15.9. The summed E-state index contributed by atoms with van der Waals surface area (Å²) in [7, 11) is 0. The van der Waals surface area contributed by atoms with Gasteiger partial charge in [0.25, 0.3) is 0 Å². The molecule has 0 aromatic carbocycles. The van der Waals surface area contributed by atoms with Crippen LogP contribution in [0.3, 0.4) is 0 Å². The highest BCUT2D eigenvalue weighted by atomic mass is 19.4. The number of carboxylic acids is 1. The van der Waals surface area contributed by atoms with Gasteiger partial charge in [-0.05, 0) is 37.9 Å². The normalized spacial score (nSPS) is 13.3. The van der Waals surface area contributed by atoms with E-state index in [9.17, 15) is 18.0 Å². The summed E-state index contributed by atoms with van der Waals surface area (Å²) in [6.07, 6.45) is -2.95. The van der Waals surface area contributed by atoms with Crippen LogP contribution in [0.1, 0.15) is 48.9 Å². The van der Waals surface area contributed by atoms with Crippen molar-refractivity contribution in [2.45, 2.75) is 45.3 Å². The molecule has 1 aromatic heterocycles. The van der Waals surface area contributed by atoms with E-state index < -0.39 is 18.1 Å². The molecule has 0 spiro atoms. The van der Waals surface area contributed by atoms with E-state index in [1.165, 1.54) is 12.1 Å². The SMILES string of the molecule is CCCC(CCCNCc1ccc(C(=O)O)o1)C(F)(F)F. The Morgan fingerprint density at radius 3 is 2.62 bits per heavy atom. The van der Waals surface area contributed by atoms with Gasteiger partial charge >= 0.3 is 12.1 Å². The lowest BCUT2D eigenvalue weighted by Crippen LogP contribution is -2.24. The van der Waals surface area contributed by atoms with Crippen molar-refractivity contribution < 1.29 is 27.5 Å². The second-order valence-corrected chi connectivity index (χ2v) is 4.92. The molecule has 1 aromatic rings. The van der Waals surface area contributed by atoms with Crippen molar-refractivity contribution in [3.8, 4) is 0 Å². The summed E-state index contributed by atoms with van der Waals surface area (Å²) in [5.41, 5.74) is 0. The quantitative estimate of drug-likeness (QED) is 0.681. The maximum Gasteiger partial charge on any atom is 0.391 e. The van der Waals surface area contributed by atoms with Gasteiger partial charge < -0.3 is 14.8 Å². The highest BCUT2D eigenvalue weighted by molar-refractivity contribution is 5.84. The molecule has 120 valence electrons. The highest BCUT2D eigenvalue weighted by Gasteiger charge is 2.37. The molecule has 1 heterocycles. The van der Waals surface area contributed by atoms with E-state index in [4.69, 9.17) is 9.52 Å². The fourth-order valence-corrected chi connectivity index (χ4v) is 2.09. The Labute approximate surface area is 121 Å². The van der Waals surface area contributed by atoms with Crippen LogP contribution in [0.2, 0.25) is 0 Å². The molecule has 0 aliphatic heterocycles. The molecule has 2 N–H and O–H groups in total. The molecule has 0 amide bonds. The van der Waals surface area contributed by atoms with E-state index in [0.717, 1.165) is 0 Å². The van der Waals surface area contributed by atoms with Crippen LogP contribution in [0.15, 0.2) is 16.5 Å². The lowest BCUT2D eigenvalue weighted by atomic mass is 9.97. The monoisotopic (exact) mass is 307 g/mol. The minimum absolute atomic E-state index is 0.100. The Bertz CT molecular complexity index is 443. The minimum atomic E-state index is -4.13. The average molecular weight is 307 g/mol. The Hall–Kier alpha value is -1.50. The van der Waals surface area contributed by atoms with Gasteiger partial charge in [0, 0.05) is 0 Å². The first kappa shape index (κ1) is 17.6. The largest absolute Gasteiger partial charge is 0.475 e. The van der Waals surface area contributed by atoms with Crippen LogP contribution in [-0.2, 0) is 6.54 Å². The smallest absolute Gasteiger partial charge is 0.391 e. The molecule has 1 unspecified atom stereocenters. The molecule has 0 fully saturated rings. The van der Waals surface area contributed by atoms with Crippen LogP contribution in [0.25, 0.3) is 0 Å². The fourth-order valence-electron chi connectivity index (χ4n) is 2.09. The van der Waals surface area contributed by atoms with Crippen molar-refractivity contribution in [3.05, 3.63) is 23.7 Å². The first-order valence-corrected chi connectivity index (χ1v) is 6.94. The van der Waals surface area contributed by atoms with E-state index in [2.05, 4.69) is 5.32 Å². The predicted molar refractivity (Wildman–Crippen MR) is 71.1 cm³/mol. The number of hydrogen-bond donors (Lipinski definition) is 2. The molecule has 0 radical (unpaired) electrons. The topological polar surface area (TPSA) is 62.5 Å². The lowest BCUT2D eigenvalue weighted by Gasteiger charge is -2.19. The molecule has 0 saturated heterocycles. The van der Waals surface area contributed by atoms with Gasteiger partial charge in [-0.25, -0.2) is 4.79 Å². The molecule has 21 heavy (non-hydrogen) atoms. The predicted octanol–water partition coefficient (Wildman–Crippen LogP) is 3.83. The van der Waals surface area contributed by atoms with Gasteiger partial charge in [0.2, 0.25) is 5.76 Å². The number of halogens is 3. The summed E-state index contributed by atoms with van der Waals surface area (Å²) in [4.78, 5) is 10.6. The number of furan rings is 1. The van der Waals surface area contributed by atoms with Crippen molar-refractivity contribution in [2.24, 2.45) is 5.92 Å². The van der Waals surface area contributed by atoms with Gasteiger partial charge in [0.15, 0.2) is 0 Å². The maximum atomic E-state index is 12.7. The fraction of sp³-hybridized carbons (Fsp3) is 0.643. The zero-order valence-corrected chi connectivity index (χ0v) is 11.9. The van der Waals surface area contributed by atoms with Crippen LogP contribution in [0.5, 0.6) is 0 Å². The first-order valence-electron chi connectivity index (χ1n) is 6.94. The van der Waals surface area contributed by atoms with Crippen LogP contribution in [-0.4, -0.2) is 23.8 Å². The van der Waals surface area contributed by atoms with E-state index in [1.54, 1.807) is 6.92 Å². The third kappa shape index (κ3) is 6.20. The molecule has 0 saturated carbocycles. The second-order valence-electron chi connectivity index (χ2n) is 4.92. The minimum Gasteiger partial charge on any atom is -0.475 e. The summed E-state index contributed by atoms with van der Waals surface area (Å²) >= 11 is 0. The Morgan fingerprint density at radius 2 is 2.10 bits per heavy atom. The van der Waals surface area contributed by atoms with E-state index in [0.29, 0.717) is 31.7 Å². The summed E-state index contributed by atoms with van der Waals surface area (Å²) < 4.78 is 43.0. The Morgan fingerprint density at radius 1 is 1.38 bits per heavy atom. The van der Waals surface area contributed by atoms with Crippen molar-refractivity contribution in [1.29, 1.82) is 0 Å². The molecular formula is C14H20F3NO3. The maximum absolute atomic E-state index is 12.7. The number of carbonyl (C=O) groups is 1. The standard InChI is InChI=1S/C14H20F3NO3/c1-2-4-10(14(15,16)17)5-3-8-18-9-11-6-7-12(21-11)13(19)20/h6-7,10,18H,2-5,8-9H2,1H3,(H,19,20). The van der Waals surface area contributed by atoms with Crippen molar-refractivity contribution in [3.63, 3.8) is 0 Å². The van der Waals surface area contributed by atoms with Crippen LogP contribution in [0, 0.1) is 5.92 Å². The van der Waals surface area contributed by atoms with Gasteiger partial charge in [-0.1, -0.05) is 13.3 Å². The molecular weight excluding hydrogens is 287 g/mol. The first-order chi connectivity index (χ1) is 9.84. The van der Waals surface area contributed by atoms with Crippen LogP contribution < -0.4 is 5.32 Å². The second kappa shape index (κ2) is 8.07. The molecule has 7 heteroatoms. The van der Waals surface area contributed by atoms with E-state index >= 15 is 0 Å². The molecule has 1 atom stereocenters. The summed E-state index contributed by atoms with van der Waals surface area (Å²) in [5, 5.41) is 11.6. The summed E-state index contributed by atoms with van der Waals surface area (Å²) in [6, 6.07) is 2.88. The number of nitrogens with one attached hydrogen (secondary N) is 1. The average Bonchev–Trinajstić information content (AvgIpc) is 2.85. The van der Waals surface area contributed by atoms with Crippen molar-refractivity contribution >= 4 is 5.97 Å². The molecule has 0 aliphatic carbocycles. The lowest BCUT2D eigenvalue weighted by molar-refractivity contribution is -0.178.